The van der Waals surface area contributed by atoms with Gasteiger partial charge in [0.1, 0.15) is 0 Å². The molecule has 0 unspecified atom stereocenters. The number of nitrogens with one attached hydrogen (secondary N) is 1. The summed E-state index contributed by atoms with van der Waals surface area (Å²) >= 11 is 12.3. The molecule has 0 spiro atoms. The highest BCUT2D eigenvalue weighted by Gasteiger charge is 2.33. The van der Waals surface area contributed by atoms with E-state index in [1.54, 1.807) is 18.2 Å². The van der Waals surface area contributed by atoms with Gasteiger partial charge in [0.2, 0.25) is 15.9 Å². The molecule has 1 heterocycles. The van der Waals surface area contributed by atoms with Gasteiger partial charge in [-0.25, -0.2) is 12.7 Å². The summed E-state index contributed by atoms with van der Waals surface area (Å²) in [4.78, 5) is 13.0. The van der Waals surface area contributed by atoms with Crippen LogP contribution in [0, 0.1) is 26.7 Å². The third-order valence-electron chi connectivity index (χ3n) is 6.24. The number of sulfonamides is 1. The number of piperidine rings is 1. The van der Waals surface area contributed by atoms with Crippen molar-refractivity contribution in [2.45, 2.75) is 52.3 Å². The summed E-state index contributed by atoms with van der Waals surface area (Å²) in [5.41, 5.74) is 5.00. The lowest BCUT2D eigenvalue weighted by Crippen LogP contribution is -2.46. The largest absolute Gasteiger partial charge is 0.349 e. The second-order valence-electron chi connectivity index (χ2n) is 8.68. The molecule has 1 aliphatic rings. The van der Waals surface area contributed by atoms with Crippen molar-refractivity contribution in [3.8, 4) is 0 Å². The Hall–Kier alpha value is -1.60. The van der Waals surface area contributed by atoms with E-state index in [1.165, 1.54) is 15.4 Å². The Morgan fingerprint density at radius 1 is 1.12 bits per heavy atom. The smallest absolute Gasteiger partial charge is 0.224 e. The van der Waals surface area contributed by atoms with Gasteiger partial charge in [-0.05, 0) is 74.9 Å². The van der Waals surface area contributed by atoms with Crippen molar-refractivity contribution in [1.82, 2.24) is 9.62 Å². The number of carbonyl (C=O) groups is 1. The molecule has 1 N–H and O–H groups in total. The van der Waals surface area contributed by atoms with Gasteiger partial charge in [-0.15, -0.1) is 0 Å². The van der Waals surface area contributed by atoms with Crippen LogP contribution in [0.2, 0.25) is 10.0 Å². The number of carbonyl (C=O) groups excluding carboxylic acids is 1. The van der Waals surface area contributed by atoms with Crippen LogP contribution < -0.4 is 5.32 Å². The Kier molecular flexibility index (Phi) is 7.92. The van der Waals surface area contributed by atoms with Crippen LogP contribution in [-0.2, 0) is 20.6 Å². The van der Waals surface area contributed by atoms with Crippen molar-refractivity contribution < 1.29 is 13.2 Å². The van der Waals surface area contributed by atoms with E-state index in [2.05, 4.69) is 31.3 Å². The summed E-state index contributed by atoms with van der Waals surface area (Å²) in [7, 11) is -3.66. The second-order valence-corrected chi connectivity index (χ2v) is 11.5. The molecule has 0 radical (unpaired) electrons. The molecule has 0 aliphatic carbocycles. The molecule has 0 bridgehead atoms. The zero-order chi connectivity index (χ0) is 23.6. The van der Waals surface area contributed by atoms with Gasteiger partial charge in [0, 0.05) is 28.7 Å². The van der Waals surface area contributed by atoms with Gasteiger partial charge in [0.25, 0.3) is 0 Å². The first kappa shape index (κ1) is 25.0. The molecule has 3 rings (SSSR count). The molecule has 5 nitrogen and oxygen atoms in total. The molecule has 8 heteroatoms. The van der Waals surface area contributed by atoms with E-state index < -0.39 is 15.9 Å². The van der Waals surface area contributed by atoms with Crippen LogP contribution in [0.15, 0.2) is 30.3 Å². The maximum Gasteiger partial charge on any atom is 0.224 e. The Morgan fingerprint density at radius 2 is 1.75 bits per heavy atom. The quantitative estimate of drug-likeness (QED) is 0.586. The molecule has 32 heavy (non-hydrogen) atoms. The van der Waals surface area contributed by atoms with Crippen LogP contribution in [0.4, 0.5) is 0 Å². The first-order valence-corrected chi connectivity index (χ1v) is 13.1. The van der Waals surface area contributed by atoms with Gasteiger partial charge in [0.05, 0.1) is 17.7 Å². The van der Waals surface area contributed by atoms with Crippen LogP contribution >= 0.6 is 23.2 Å². The second kappa shape index (κ2) is 10.1. The predicted molar refractivity (Wildman–Crippen MR) is 131 cm³/mol. The number of hydrogen-bond acceptors (Lipinski definition) is 3. The van der Waals surface area contributed by atoms with Crippen LogP contribution in [0.5, 0.6) is 0 Å². The van der Waals surface area contributed by atoms with Crippen LogP contribution in [0.3, 0.4) is 0 Å². The molecule has 1 saturated heterocycles. The molecule has 1 aliphatic heterocycles. The van der Waals surface area contributed by atoms with Crippen molar-refractivity contribution in [3.63, 3.8) is 0 Å². The highest BCUT2D eigenvalue weighted by Crippen LogP contribution is 2.29. The molecular weight excluding hydrogens is 467 g/mol. The third kappa shape index (κ3) is 5.66. The summed E-state index contributed by atoms with van der Waals surface area (Å²) in [6.45, 7) is 8.68. The summed E-state index contributed by atoms with van der Waals surface area (Å²) in [5.74, 6) is -0.793. The van der Waals surface area contributed by atoms with E-state index in [1.807, 2.05) is 13.8 Å². The minimum Gasteiger partial charge on any atom is -0.349 e. The SMILES string of the molecule is Cc1cc(C)c([C@H](C)NC(=O)[C@H]2CCCN(S(=O)(=O)Cc3c(Cl)cccc3Cl)C2)cc1C. The fraction of sp³-hybridized carbons (Fsp3) is 0.458. The lowest BCUT2D eigenvalue weighted by atomic mass is 9.95. The Morgan fingerprint density at radius 3 is 2.41 bits per heavy atom. The van der Waals surface area contributed by atoms with Gasteiger partial charge in [-0.1, -0.05) is 41.4 Å². The lowest BCUT2D eigenvalue weighted by molar-refractivity contribution is -0.126. The minimum absolute atomic E-state index is 0.120. The van der Waals surface area contributed by atoms with Gasteiger partial charge in [-0.3, -0.25) is 4.79 Å². The van der Waals surface area contributed by atoms with E-state index >= 15 is 0 Å². The van der Waals surface area contributed by atoms with Gasteiger partial charge < -0.3 is 5.32 Å². The number of halogens is 2. The first-order valence-electron chi connectivity index (χ1n) is 10.8. The van der Waals surface area contributed by atoms with Crippen LogP contribution in [0.1, 0.15) is 53.6 Å². The normalized spacial score (nSPS) is 18.4. The highest BCUT2D eigenvalue weighted by molar-refractivity contribution is 7.88. The Balaban J connectivity index is 1.70. The van der Waals surface area contributed by atoms with E-state index in [4.69, 9.17) is 23.2 Å². The summed E-state index contributed by atoms with van der Waals surface area (Å²) in [6, 6.07) is 9.01. The standard InChI is InChI=1S/C24H30Cl2N2O3S/c1-15-11-17(3)20(12-16(15)2)18(4)27-24(29)19-7-6-10-28(13-19)32(30,31)14-21-22(25)8-5-9-23(21)26/h5,8-9,11-12,18-19H,6-7,10,13-14H2,1-4H3,(H,27,29)/t18-,19-/m0/s1. The van der Waals surface area contributed by atoms with Crippen molar-refractivity contribution in [3.05, 3.63) is 68.2 Å². The maximum atomic E-state index is 13.1. The number of nitrogens with zero attached hydrogens (tertiary/aromatic N) is 1. The van der Waals surface area contributed by atoms with Gasteiger partial charge in [0.15, 0.2) is 0 Å². The lowest BCUT2D eigenvalue weighted by Gasteiger charge is -2.32. The zero-order valence-corrected chi connectivity index (χ0v) is 21.2. The van der Waals surface area contributed by atoms with Crippen LogP contribution in [-0.4, -0.2) is 31.7 Å². The number of aryl methyl sites for hydroxylation is 3. The summed E-state index contributed by atoms with van der Waals surface area (Å²) in [6.07, 6.45) is 1.29. The molecule has 2 atom stereocenters. The Labute approximate surface area is 201 Å². The maximum absolute atomic E-state index is 13.1. The molecular formula is C24H30Cl2N2O3S. The number of amides is 1. The highest BCUT2D eigenvalue weighted by atomic mass is 35.5. The van der Waals surface area contributed by atoms with Gasteiger partial charge in [-0.2, -0.15) is 0 Å². The Bertz CT molecular complexity index is 1100. The molecule has 1 fully saturated rings. The van der Waals surface area contributed by atoms with Crippen LogP contribution in [0.25, 0.3) is 0 Å². The number of rotatable bonds is 6. The van der Waals surface area contributed by atoms with E-state index in [0.29, 0.717) is 35.0 Å². The molecule has 2 aromatic carbocycles. The van der Waals surface area contributed by atoms with E-state index in [-0.39, 0.29) is 24.2 Å². The topological polar surface area (TPSA) is 66.5 Å². The minimum atomic E-state index is -3.66. The molecule has 0 aromatic heterocycles. The first-order chi connectivity index (χ1) is 15.0. The average Bonchev–Trinajstić information content (AvgIpc) is 2.73. The molecule has 1 amide bonds. The van der Waals surface area contributed by atoms with Crippen molar-refractivity contribution in [2.24, 2.45) is 5.92 Å². The average molecular weight is 497 g/mol. The zero-order valence-electron chi connectivity index (χ0n) is 18.9. The fourth-order valence-electron chi connectivity index (χ4n) is 4.21. The third-order valence-corrected chi connectivity index (χ3v) is 8.72. The number of hydrogen-bond donors (Lipinski definition) is 1. The van der Waals surface area contributed by atoms with Crippen molar-refractivity contribution in [2.75, 3.05) is 13.1 Å². The van der Waals surface area contributed by atoms with E-state index in [9.17, 15) is 13.2 Å². The molecule has 174 valence electrons. The number of benzene rings is 2. The molecule has 2 aromatic rings. The summed E-state index contributed by atoms with van der Waals surface area (Å²) < 4.78 is 27.5. The summed E-state index contributed by atoms with van der Waals surface area (Å²) in [5, 5.41) is 3.74. The monoisotopic (exact) mass is 496 g/mol. The van der Waals surface area contributed by atoms with E-state index in [0.717, 1.165) is 11.1 Å². The van der Waals surface area contributed by atoms with Crippen molar-refractivity contribution >= 4 is 39.1 Å². The van der Waals surface area contributed by atoms with Crippen molar-refractivity contribution in [1.29, 1.82) is 0 Å². The van der Waals surface area contributed by atoms with Gasteiger partial charge >= 0.3 is 0 Å². The molecule has 0 saturated carbocycles. The fourth-order valence-corrected chi connectivity index (χ4v) is 6.57. The predicted octanol–water partition coefficient (Wildman–Crippen LogP) is 5.34.